The quantitative estimate of drug-likeness (QED) is 0.139. The zero-order chi connectivity index (χ0) is 90.2. The van der Waals surface area contributed by atoms with Gasteiger partial charge < -0.3 is 28.4 Å². The van der Waals surface area contributed by atoms with Gasteiger partial charge in [0.05, 0.1) is 23.7 Å². The number of carbonyl (C=O) groups excluding carboxylic acids is 2. The van der Waals surface area contributed by atoms with Crippen LogP contribution in [-0.4, -0.2) is 20.2 Å². The Kier molecular flexibility index (Phi) is 21.0. The Morgan fingerprint density at radius 2 is 0.410 bits per heavy atom. The Hall–Kier alpha value is -14.3. The fourth-order valence-corrected chi connectivity index (χ4v) is 26.3. The summed E-state index contributed by atoms with van der Waals surface area (Å²) in [4.78, 5) is 31.2. The molecule has 0 spiro atoms. The molecule has 0 amide bonds. The van der Waals surface area contributed by atoms with Gasteiger partial charge in [0, 0.05) is 33.4 Å². The van der Waals surface area contributed by atoms with Crippen LogP contribution >= 0.6 is 31.9 Å². The summed E-state index contributed by atoms with van der Waals surface area (Å²) in [6, 6.07) is 164. The van der Waals surface area contributed by atoms with E-state index in [4.69, 9.17) is 28.4 Å². The summed E-state index contributed by atoms with van der Waals surface area (Å²) in [5.74, 6) is -2.99. The molecule has 28 rings (SSSR count). The standard InChI is InChI=1S/2C50H33BrO4.4C6H6/c2*51-48-42-31-43-41(46(32-17-5-1-6-18-32)38-26-14-16-28-40(38)50(53-43,55-46)35-23-11-4-12-24-35)30-29-36(42)44(52)45(48)47(33-19-7-2-8-20-33)37-25-13-15-27-39(37)49(48,54-47)34-21-9-3-10-22-34;4*1-2-4-6-5-3-1/h2*1-31,41,45H;4*1-6H/t2*41-,45+,46+,47-,48-,49+,50-;;;;/m00..../s1. The Morgan fingerprint density at radius 3 is 0.672 bits per heavy atom. The number of hydrogen-bond acceptors (Lipinski definition) is 8. The predicted molar refractivity (Wildman–Crippen MR) is 532 cm³/mol. The van der Waals surface area contributed by atoms with Gasteiger partial charge in [0.1, 0.15) is 53.8 Å². The molecular formula is C124H90Br2O8. The molecule has 0 aromatic heterocycles. The summed E-state index contributed by atoms with van der Waals surface area (Å²) in [6.07, 6.45) is 12.7. The van der Waals surface area contributed by atoms with E-state index < -0.39 is 77.5 Å². The predicted octanol–water partition coefficient (Wildman–Crippen LogP) is 27.0. The van der Waals surface area contributed by atoms with Crippen LogP contribution in [0.5, 0.6) is 0 Å². The maximum absolute atomic E-state index is 15.6. The zero-order valence-corrected chi connectivity index (χ0v) is 76.2. The lowest BCUT2D eigenvalue weighted by Gasteiger charge is -2.47. The Balaban J connectivity index is 0.000000121. The van der Waals surface area contributed by atoms with Crippen LogP contribution in [0.3, 0.4) is 0 Å². The van der Waals surface area contributed by atoms with Gasteiger partial charge in [-0.3, -0.25) is 9.59 Å². The molecule has 4 fully saturated rings. The van der Waals surface area contributed by atoms with E-state index in [1.165, 1.54) is 0 Å². The average molecular weight is 1870 g/mol. The number of halogens is 2. The SMILES string of the molecule is O=C1C2=C(C=C3O[C@@]4(c5ccccc5)O[C@](c5ccccc5)(c5ccccc54)[C@H]3C=C2)[C@]2(Br)[C@H]1[C@@]1(c3ccccc3)O[C@]2(c2ccccc2)c2ccccc21.O=C1C2=C(C=C3O[C@@]4(c5ccccc5)O[C@](c5ccccc5)(c5ccccc54)[C@H]3C=C2)[C@]2(Br)[C@H]1[C@@]1(c3ccccc3)O[C@]2(c2ccccc2)c2ccccc21.c1ccccc1.c1ccccc1.c1ccccc1.c1ccccc1. The van der Waals surface area contributed by atoms with Crippen molar-refractivity contribution in [1.29, 1.82) is 0 Å². The highest BCUT2D eigenvalue weighted by Gasteiger charge is 2.85. The second-order valence-electron chi connectivity index (χ2n) is 35.3. The molecule has 0 radical (unpaired) electrons. The van der Waals surface area contributed by atoms with Crippen molar-refractivity contribution in [2.75, 3.05) is 0 Å². The van der Waals surface area contributed by atoms with Gasteiger partial charge in [0.2, 0.25) is 0 Å². The van der Waals surface area contributed by atoms with Crippen LogP contribution in [0.15, 0.2) is 556 Å². The molecular weight excluding hydrogens is 1780 g/mol. The van der Waals surface area contributed by atoms with Crippen molar-refractivity contribution in [2.24, 2.45) is 23.7 Å². The number of hydrogen-bond donors (Lipinski definition) is 0. The average Bonchev–Trinajstić information content (AvgIpc) is 1.45. The fourth-order valence-electron chi connectivity index (χ4n) is 23.6. The molecule has 0 saturated carbocycles. The number of benzene rings is 16. The first-order chi connectivity index (χ1) is 66.0. The van der Waals surface area contributed by atoms with Gasteiger partial charge in [-0.25, -0.2) is 0 Å². The third-order valence-electron chi connectivity index (χ3n) is 28.7. The maximum atomic E-state index is 15.6. The van der Waals surface area contributed by atoms with Crippen molar-refractivity contribution in [3.05, 3.63) is 645 Å². The van der Waals surface area contributed by atoms with Crippen molar-refractivity contribution < 1.29 is 38.0 Å². The van der Waals surface area contributed by atoms with Crippen LogP contribution in [-0.2, 0) is 83.2 Å². The minimum Gasteiger partial charge on any atom is -0.457 e. The lowest BCUT2D eigenvalue weighted by Crippen LogP contribution is -2.52. The summed E-state index contributed by atoms with van der Waals surface area (Å²) in [5.41, 5.74) is 12.7. The number of ether oxygens (including phenoxy) is 6. The van der Waals surface area contributed by atoms with Crippen molar-refractivity contribution in [1.82, 2.24) is 0 Å². The minimum atomic E-state index is -1.24. The number of carbonyl (C=O) groups is 2. The third kappa shape index (κ3) is 12.1. The van der Waals surface area contributed by atoms with E-state index in [0.29, 0.717) is 11.1 Å². The molecule has 8 bridgehead atoms. The van der Waals surface area contributed by atoms with Gasteiger partial charge in [0.15, 0.2) is 11.6 Å². The summed E-state index contributed by atoms with van der Waals surface area (Å²) in [6.45, 7) is 0. The van der Waals surface area contributed by atoms with E-state index in [1.54, 1.807) is 0 Å². The van der Waals surface area contributed by atoms with E-state index >= 15 is 9.59 Å². The van der Waals surface area contributed by atoms with Gasteiger partial charge >= 0.3 is 0 Å². The normalized spacial score (nSPS) is 28.4. The van der Waals surface area contributed by atoms with Gasteiger partial charge in [0.25, 0.3) is 11.6 Å². The fraction of sp³-hybridized carbons (Fsp3) is 0.113. The first-order valence-corrected chi connectivity index (χ1v) is 47.4. The molecule has 0 N–H and O–H groups in total. The highest BCUT2D eigenvalue weighted by atomic mass is 79.9. The monoisotopic (exact) mass is 1860 g/mol. The second kappa shape index (κ2) is 33.5. The van der Waals surface area contributed by atoms with Crippen LogP contribution in [0.1, 0.15) is 89.0 Å². The van der Waals surface area contributed by atoms with Crippen LogP contribution < -0.4 is 0 Å². The number of ketones is 2. The molecule has 134 heavy (non-hydrogen) atoms. The molecule has 16 aromatic carbocycles. The molecule has 8 nitrogen and oxygen atoms in total. The van der Waals surface area contributed by atoms with Crippen molar-refractivity contribution in [3.63, 3.8) is 0 Å². The first-order valence-electron chi connectivity index (χ1n) is 45.8. The zero-order valence-electron chi connectivity index (χ0n) is 73.0. The van der Waals surface area contributed by atoms with Gasteiger partial charge in [-0.2, -0.15) is 0 Å². The summed E-state index contributed by atoms with van der Waals surface area (Å²) >= 11 is 8.96. The molecule has 4 saturated heterocycles. The van der Waals surface area contributed by atoms with E-state index in [2.05, 4.69) is 299 Å². The highest BCUT2D eigenvalue weighted by molar-refractivity contribution is 9.10. The van der Waals surface area contributed by atoms with Crippen molar-refractivity contribution in [3.8, 4) is 0 Å². The molecule has 10 heteroatoms. The number of allylic oxidation sites excluding steroid dienone is 6. The topological polar surface area (TPSA) is 89.5 Å². The van der Waals surface area contributed by atoms with Crippen LogP contribution in [0.4, 0.5) is 0 Å². The number of Topliss-reactive ketones (excluding diaryl/α,β-unsaturated/α-hetero) is 2. The Bertz CT molecular complexity index is 6690. The number of fused-ring (bicyclic) bond motifs is 32. The summed E-state index contributed by atoms with van der Waals surface area (Å²) < 4.78 is 43.3. The molecule has 12 aliphatic rings. The van der Waals surface area contributed by atoms with Gasteiger partial charge in [-0.1, -0.05) is 541 Å². The first kappa shape index (κ1) is 84.0. The van der Waals surface area contributed by atoms with E-state index in [0.717, 1.165) is 112 Å². The lowest BCUT2D eigenvalue weighted by atomic mass is 9.59. The van der Waals surface area contributed by atoms with E-state index in [9.17, 15) is 0 Å². The second-order valence-corrected chi connectivity index (χ2v) is 37.8. The molecule has 8 aliphatic heterocycles. The number of rotatable bonds is 8. The molecule has 648 valence electrons. The molecule has 8 heterocycles. The molecule has 0 unspecified atom stereocenters. The van der Waals surface area contributed by atoms with Crippen molar-refractivity contribution in [2.45, 2.75) is 53.8 Å². The maximum Gasteiger partial charge on any atom is 0.265 e. The summed E-state index contributed by atoms with van der Waals surface area (Å²) in [5, 5.41) is 0. The van der Waals surface area contributed by atoms with Gasteiger partial charge in [-0.05, 0) is 90.1 Å². The smallest absolute Gasteiger partial charge is 0.265 e. The molecule has 16 aromatic rings. The number of alkyl halides is 2. The Labute approximate surface area is 797 Å². The molecule has 4 aliphatic carbocycles. The van der Waals surface area contributed by atoms with Gasteiger partial charge in [-0.15, -0.1) is 0 Å². The van der Waals surface area contributed by atoms with E-state index in [-0.39, 0.29) is 11.6 Å². The minimum absolute atomic E-state index is 0.0350. The third-order valence-corrected chi connectivity index (χ3v) is 31.6. The van der Waals surface area contributed by atoms with Crippen LogP contribution in [0, 0.1) is 23.7 Å². The largest absolute Gasteiger partial charge is 0.457 e. The molecule has 14 atom stereocenters. The lowest BCUT2D eigenvalue weighted by molar-refractivity contribution is -0.278. The van der Waals surface area contributed by atoms with Crippen molar-refractivity contribution >= 4 is 43.4 Å². The Morgan fingerprint density at radius 1 is 0.209 bits per heavy atom. The highest BCUT2D eigenvalue weighted by Crippen LogP contribution is 2.80. The van der Waals surface area contributed by atoms with Crippen LogP contribution in [0.25, 0.3) is 0 Å². The summed E-state index contributed by atoms with van der Waals surface area (Å²) in [7, 11) is 0. The van der Waals surface area contributed by atoms with Crippen LogP contribution in [0.2, 0.25) is 0 Å². The van der Waals surface area contributed by atoms with E-state index in [1.807, 2.05) is 255 Å².